The highest BCUT2D eigenvalue weighted by atomic mass is 32.1. The molecule has 0 radical (unpaired) electrons. The van der Waals surface area contributed by atoms with E-state index in [0.29, 0.717) is 6.42 Å². The fraction of sp³-hybridized carbons (Fsp3) is 0.714. The third-order valence-electron chi connectivity index (χ3n) is 8.54. The van der Waals surface area contributed by atoms with E-state index in [2.05, 4.69) is 12.6 Å². The summed E-state index contributed by atoms with van der Waals surface area (Å²) >= 11 is 3.90. The molecule has 0 aliphatic heterocycles. The molecule has 4 rings (SSSR count). The van der Waals surface area contributed by atoms with Crippen LogP contribution in [0.15, 0.2) is 23.8 Å². The van der Waals surface area contributed by atoms with E-state index in [4.69, 9.17) is 0 Å². The van der Waals surface area contributed by atoms with Gasteiger partial charge in [-0.25, -0.2) is 8.78 Å². The molecule has 0 bridgehead atoms. The molecule has 4 aliphatic rings. The van der Waals surface area contributed by atoms with Crippen LogP contribution in [0.2, 0.25) is 0 Å². The monoisotopic (exact) mass is 412 g/mol. The summed E-state index contributed by atoms with van der Waals surface area (Å²) in [7, 11) is 0. The highest BCUT2D eigenvalue weighted by molar-refractivity contribution is 7.96. The third kappa shape index (κ3) is 2.03. The maximum atomic E-state index is 16.8. The number of carbonyl (C=O) groups is 2. The van der Waals surface area contributed by atoms with Crippen molar-refractivity contribution in [3.05, 3.63) is 23.8 Å². The van der Waals surface area contributed by atoms with Gasteiger partial charge in [-0.1, -0.05) is 19.9 Å². The summed E-state index contributed by atoms with van der Waals surface area (Å²) in [5.74, 6) is -2.29. The Bertz CT molecular complexity index is 827. The van der Waals surface area contributed by atoms with Gasteiger partial charge in [0.25, 0.3) is 0 Å². The van der Waals surface area contributed by atoms with Crippen LogP contribution in [-0.4, -0.2) is 44.7 Å². The first-order valence-electron chi connectivity index (χ1n) is 9.76. The highest BCUT2D eigenvalue weighted by Crippen LogP contribution is 2.71. The number of hydrogen-bond donors (Lipinski definition) is 3. The largest absolute Gasteiger partial charge is 0.390 e. The summed E-state index contributed by atoms with van der Waals surface area (Å²) in [6.45, 7) is 4.92. The summed E-state index contributed by atoms with van der Waals surface area (Å²) in [6, 6.07) is 0. The Hall–Kier alpha value is -1.05. The quantitative estimate of drug-likeness (QED) is 0.579. The number of halogens is 2. The first kappa shape index (κ1) is 20.2. The fourth-order valence-corrected chi connectivity index (χ4v) is 7.47. The Morgan fingerprint density at radius 2 is 1.93 bits per heavy atom. The lowest BCUT2D eigenvalue weighted by atomic mass is 9.44. The number of ketones is 1. The molecule has 0 aromatic carbocycles. The van der Waals surface area contributed by atoms with E-state index in [0.717, 1.165) is 6.08 Å². The second-order valence-electron chi connectivity index (χ2n) is 9.57. The van der Waals surface area contributed by atoms with Crippen LogP contribution in [0.5, 0.6) is 0 Å². The van der Waals surface area contributed by atoms with Gasteiger partial charge in [0.2, 0.25) is 5.12 Å². The van der Waals surface area contributed by atoms with Crippen molar-refractivity contribution in [3.63, 3.8) is 0 Å². The number of rotatable bonds is 1. The van der Waals surface area contributed by atoms with Crippen LogP contribution in [0.4, 0.5) is 8.78 Å². The maximum Gasteiger partial charge on any atom is 0.218 e. The predicted octanol–water partition coefficient (Wildman–Crippen LogP) is 2.74. The number of hydrogen-bond acceptors (Lipinski definition) is 4. The van der Waals surface area contributed by atoms with E-state index in [1.54, 1.807) is 13.8 Å². The highest BCUT2D eigenvalue weighted by Gasteiger charge is 2.76. The van der Waals surface area contributed by atoms with Crippen LogP contribution < -0.4 is 0 Å². The van der Waals surface area contributed by atoms with Gasteiger partial charge >= 0.3 is 0 Å². The minimum absolute atomic E-state index is 0.0629. The summed E-state index contributed by atoms with van der Waals surface area (Å²) in [4.78, 5) is 24.1. The normalized spacial score (nSPS) is 55.2. The molecule has 4 aliphatic carbocycles. The van der Waals surface area contributed by atoms with Crippen LogP contribution in [0.1, 0.15) is 40.0 Å². The van der Waals surface area contributed by atoms with Gasteiger partial charge < -0.3 is 10.2 Å². The number of aliphatic hydroxyl groups excluding tert-OH is 1. The standard InChI is InChI=1S/C21H26F2O4S/c1-10-6-12-13-8-15(22)14-7-11(24)4-5-18(14,2)20(13,23)16(25)9-19(12,3)21(10,27)17(26)28/h4-5,7,10,12-13,15-16,25,27H,6,8-9H2,1-3H3,(H,26,28)/t10-,12?,13+,15+,16+,18+,19+,20+,21+/m1/s1. The molecule has 0 spiro atoms. The van der Waals surface area contributed by atoms with Crippen molar-refractivity contribution in [3.8, 4) is 0 Å². The number of allylic oxidation sites excluding steroid dienone is 4. The number of aliphatic hydroxyl groups is 2. The lowest BCUT2D eigenvalue weighted by molar-refractivity contribution is -0.221. The molecule has 0 saturated heterocycles. The Balaban J connectivity index is 1.88. The zero-order chi connectivity index (χ0) is 20.9. The molecule has 1 unspecified atom stereocenters. The molecule has 3 saturated carbocycles. The molecular formula is C21H26F2O4S. The van der Waals surface area contributed by atoms with E-state index >= 15 is 8.78 Å². The maximum absolute atomic E-state index is 16.8. The predicted molar refractivity (Wildman–Crippen MR) is 102 cm³/mol. The molecule has 9 atom stereocenters. The lowest BCUT2D eigenvalue weighted by Crippen LogP contribution is -2.70. The molecule has 0 heterocycles. The lowest BCUT2D eigenvalue weighted by Gasteiger charge is -2.62. The number of carbonyl (C=O) groups excluding carboxylic acids is 2. The van der Waals surface area contributed by atoms with Crippen molar-refractivity contribution in [2.75, 3.05) is 0 Å². The Kier molecular flexibility index (Phi) is 4.16. The minimum atomic E-state index is -2.20. The molecular weight excluding hydrogens is 386 g/mol. The van der Waals surface area contributed by atoms with Crippen molar-refractivity contribution in [2.45, 2.75) is 63.6 Å². The average Bonchev–Trinajstić information content (AvgIpc) is 2.81. The van der Waals surface area contributed by atoms with Crippen LogP contribution in [0.25, 0.3) is 0 Å². The van der Waals surface area contributed by atoms with E-state index in [9.17, 15) is 19.8 Å². The van der Waals surface area contributed by atoms with Gasteiger partial charge in [0, 0.05) is 16.7 Å². The third-order valence-corrected chi connectivity index (χ3v) is 8.88. The van der Waals surface area contributed by atoms with Gasteiger partial charge in [0.15, 0.2) is 11.5 Å². The zero-order valence-corrected chi connectivity index (χ0v) is 17.0. The van der Waals surface area contributed by atoms with Gasteiger partial charge in [-0.05, 0) is 55.7 Å². The topological polar surface area (TPSA) is 74.6 Å². The van der Waals surface area contributed by atoms with Gasteiger partial charge in [-0.3, -0.25) is 9.59 Å². The molecule has 0 aromatic rings. The van der Waals surface area contributed by atoms with Crippen molar-refractivity contribution in [1.82, 2.24) is 0 Å². The van der Waals surface area contributed by atoms with Crippen LogP contribution in [-0.2, 0) is 9.59 Å². The molecule has 0 amide bonds. The van der Waals surface area contributed by atoms with Gasteiger partial charge in [-0.15, -0.1) is 12.6 Å². The van der Waals surface area contributed by atoms with Crippen molar-refractivity contribution in [2.24, 2.45) is 28.6 Å². The van der Waals surface area contributed by atoms with Crippen molar-refractivity contribution < 1.29 is 28.6 Å². The smallest absolute Gasteiger partial charge is 0.218 e. The number of thiol groups is 1. The molecule has 0 aromatic heterocycles. The molecule has 4 nitrogen and oxygen atoms in total. The molecule has 7 heteroatoms. The fourth-order valence-electron chi connectivity index (χ4n) is 7.00. The number of alkyl halides is 2. The van der Waals surface area contributed by atoms with Crippen molar-refractivity contribution >= 4 is 23.5 Å². The first-order chi connectivity index (χ1) is 12.8. The van der Waals surface area contributed by atoms with Crippen LogP contribution in [0, 0.1) is 28.6 Å². The number of fused-ring (bicyclic) bond motifs is 5. The summed E-state index contributed by atoms with van der Waals surface area (Å²) in [6.07, 6.45) is 0.703. The summed E-state index contributed by atoms with van der Waals surface area (Å²) in [5.41, 5.74) is -6.53. The van der Waals surface area contributed by atoms with Crippen LogP contribution >= 0.6 is 12.6 Å². The zero-order valence-electron chi connectivity index (χ0n) is 16.2. The van der Waals surface area contributed by atoms with Gasteiger partial charge in [0.1, 0.15) is 11.8 Å². The van der Waals surface area contributed by atoms with E-state index < -0.39 is 63.0 Å². The van der Waals surface area contributed by atoms with Gasteiger partial charge in [0.05, 0.1) is 6.10 Å². The van der Waals surface area contributed by atoms with Crippen molar-refractivity contribution in [1.29, 1.82) is 0 Å². The summed E-state index contributed by atoms with van der Waals surface area (Å²) in [5, 5.41) is 21.6. The second kappa shape index (κ2) is 5.76. The second-order valence-corrected chi connectivity index (χ2v) is 9.97. The van der Waals surface area contributed by atoms with Crippen LogP contribution in [0.3, 0.4) is 0 Å². The molecule has 28 heavy (non-hydrogen) atoms. The van der Waals surface area contributed by atoms with Gasteiger partial charge in [-0.2, -0.15) is 0 Å². The van der Waals surface area contributed by atoms with E-state index in [-0.39, 0.29) is 18.4 Å². The van der Waals surface area contributed by atoms with E-state index in [1.807, 2.05) is 0 Å². The average molecular weight is 412 g/mol. The Labute approximate surface area is 168 Å². The van der Waals surface area contributed by atoms with E-state index in [1.165, 1.54) is 19.1 Å². The Morgan fingerprint density at radius 1 is 1.29 bits per heavy atom. The minimum Gasteiger partial charge on any atom is -0.390 e. The molecule has 3 fully saturated rings. The molecule has 2 N–H and O–H groups in total. The first-order valence-corrected chi connectivity index (χ1v) is 10.2. The SMILES string of the molecule is C[C@@H]1CC2[C@@H]3C[C@H](F)C4=CC(=O)C=C[C@]4(C)[C@@]3(F)[C@@H](O)C[C@]2(C)[C@@]1(O)C(=O)S. The molecule has 154 valence electrons. The Morgan fingerprint density at radius 3 is 2.54 bits per heavy atom. The summed E-state index contributed by atoms with van der Waals surface area (Å²) < 4.78 is 32.0.